The van der Waals surface area contributed by atoms with E-state index in [2.05, 4.69) is 0 Å². The van der Waals surface area contributed by atoms with Gasteiger partial charge in [-0.1, -0.05) is 50.1 Å². The summed E-state index contributed by atoms with van der Waals surface area (Å²) in [7, 11) is 0. The summed E-state index contributed by atoms with van der Waals surface area (Å²) in [6.07, 6.45) is 1.32. The first-order valence-corrected chi connectivity index (χ1v) is 8.22. The maximum absolute atomic E-state index is 12.3. The molecule has 0 saturated heterocycles. The van der Waals surface area contributed by atoms with Crippen LogP contribution in [-0.4, -0.2) is 28.7 Å². The summed E-state index contributed by atoms with van der Waals surface area (Å²) < 4.78 is 10.5. The van der Waals surface area contributed by atoms with Crippen molar-refractivity contribution in [2.24, 2.45) is 5.84 Å². The summed E-state index contributed by atoms with van der Waals surface area (Å²) in [5.41, 5.74) is 0.206. The van der Waals surface area contributed by atoms with Gasteiger partial charge in [0.2, 0.25) is 0 Å². The molecule has 1 amide bonds. The van der Waals surface area contributed by atoms with Gasteiger partial charge in [-0.2, -0.15) is 0 Å². The van der Waals surface area contributed by atoms with Gasteiger partial charge < -0.3 is 9.47 Å². The third-order valence-corrected chi connectivity index (χ3v) is 3.26. The van der Waals surface area contributed by atoms with E-state index in [4.69, 9.17) is 15.3 Å². The van der Waals surface area contributed by atoms with Crippen molar-refractivity contribution >= 4 is 12.1 Å². The van der Waals surface area contributed by atoms with Crippen LogP contribution in [0.3, 0.4) is 0 Å². The fourth-order valence-corrected chi connectivity index (χ4v) is 2.06. The first kappa shape index (κ1) is 20.0. The lowest BCUT2D eigenvalue weighted by Gasteiger charge is -2.28. The molecule has 1 rings (SSSR count). The number of carbonyl (C=O) groups excluding carboxylic acids is 2. The van der Waals surface area contributed by atoms with Crippen LogP contribution >= 0.6 is 0 Å². The zero-order valence-corrected chi connectivity index (χ0v) is 15.0. The van der Waals surface area contributed by atoms with Gasteiger partial charge in [-0.15, -0.1) is 0 Å². The molecule has 1 atom stereocenters. The highest BCUT2D eigenvalue weighted by molar-refractivity contribution is 5.81. The number of esters is 1. The molecule has 24 heavy (non-hydrogen) atoms. The molecule has 0 heterocycles. The summed E-state index contributed by atoms with van der Waals surface area (Å²) in [6.45, 7) is 7.42. The number of rotatable bonds is 7. The van der Waals surface area contributed by atoms with Crippen molar-refractivity contribution in [2.75, 3.05) is 0 Å². The summed E-state index contributed by atoms with van der Waals surface area (Å²) in [6, 6.07) is 8.42. The Bertz CT molecular complexity index is 526. The van der Waals surface area contributed by atoms with E-state index in [1.807, 2.05) is 37.3 Å². The van der Waals surface area contributed by atoms with Crippen molar-refractivity contribution < 1.29 is 19.1 Å². The minimum atomic E-state index is -0.854. The predicted octanol–water partition coefficient (Wildman–Crippen LogP) is 3.40. The molecule has 6 heteroatoms. The average molecular weight is 336 g/mol. The van der Waals surface area contributed by atoms with Gasteiger partial charge in [-0.25, -0.2) is 20.4 Å². The molecule has 0 radical (unpaired) electrons. The van der Waals surface area contributed by atoms with E-state index >= 15 is 0 Å². The maximum Gasteiger partial charge on any atom is 0.425 e. The molecule has 0 unspecified atom stereocenters. The second-order valence-electron chi connectivity index (χ2n) is 6.64. The lowest BCUT2D eigenvalue weighted by molar-refractivity contribution is -0.161. The summed E-state index contributed by atoms with van der Waals surface area (Å²) in [5.74, 6) is 5.33. The van der Waals surface area contributed by atoms with Crippen molar-refractivity contribution in [1.82, 2.24) is 5.01 Å². The van der Waals surface area contributed by atoms with Crippen LogP contribution in [0.15, 0.2) is 30.3 Å². The lowest BCUT2D eigenvalue weighted by atomic mass is 10.1. The van der Waals surface area contributed by atoms with Crippen molar-refractivity contribution in [2.45, 2.75) is 65.2 Å². The van der Waals surface area contributed by atoms with E-state index in [9.17, 15) is 9.59 Å². The normalized spacial score (nSPS) is 12.4. The second kappa shape index (κ2) is 9.27. The van der Waals surface area contributed by atoms with Gasteiger partial charge in [0.15, 0.2) is 0 Å². The molecule has 0 aromatic heterocycles. The van der Waals surface area contributed by atoms with Crippen molar-refractivity contribution in [1.29, 1.82) is 0 Å². The number of amides is 1. The SMILES string of the molecule is CCCC[C@@H](C(=O)OC(C)(C)C)N(N)C(=O)OCc1ccccc1. The number of nitrogens with two attached hydrogens (primary N) is 1. The van der Waals surface area contributed by atoms with Crippen LogP contribution in [0.5, 0.6) is 0 Å². The van der Waals surface area contributed by atoms with Crippen LogP contribution in [0.1, 0.15) is 52.5 Å². The Morgan fingerprint density at radius 3 is 2.38 bits per heavy atom. The number of carbonyl (C=O) groups is 2. The van der Waals surface area contributed by atoms with Crippen LogP contribution in [0, 0.1) is 0 Å². The number of hydrazine groups is 1. The monoisotopic (exact) mass is 336 g/mol. The Hall–Kier alpha value is -2.08. The van der Waals surface area contributed by atoms with E-state index in [-0.39, 0.29) is 6.61 Å². The van der Waals surface area contributed by atoms with Crippen LogP contribution in [-0.2, 0) is 20.9 Å². The second-order valence-corrected chi connectivity index (χ2v) is 6.64. The molecule has 1 aromatic carbocycles. The van der Waals surface area contributed by atoms with Gasteiger partial charge in [0.1, 0.15) is 18.2 Å². The third-order valence-electron chi connectivity index (χ3n) is 3.26. The number of unbranched alkanes of at least 4 members (excludes halogenated alkanes) is 1. The van der Waals surface area contributed by atoms with Gasteiger partial charge in [-0.05, 0) is 32.8 Å². The fourth-order valence-electron chi connectivity index (χ4n) is 2.06. The molecule has 0 aliphatic carbocycles. The zero-order valence-electron chi connectivity index (χ0n) is 15.0. The molecule has 2 N–H and O–H groups in total. The van der Waals surface area contributed by atoms with Gasteiger partial charge in [0, 0.05) is 0 Å². The van der Waals surface area contributed by atoms with Crippen molar-refractivity contribution in [3.63, 3.8) is 0 Å². The van der Waals surface area contributed by atoms with Crippen molar-refractivity contribution in [3.8, 4) is 0 Å². The summed E-state index contributed by atoms with van der Waals surface area (Å²) in [5, 5.41) is 0.840. The smallest absolute Gasteiger partial charge is 0.425 e. The Balaban J connectivity index is 2.69. The molecule has 0 fully saturated rings. The Morgan fingerprint density at radius 1 is 1.21 bits per heavy atom. The number of ether oxygens (including phenoxy) is 2. The van der Waals surface area contributed by atoms with E-state index in [0.29, 0.717) is 6.42 Å². The van der Waals surface area contributed by atoms with Crippen LogP contribution in [0.2, 0.25) is 0 Å². The molecule has 134 valence electrons. The first-order chi connectivity index (χ1) is 11.2. The number of hydrogen-bond acceptors (Lipinski definition) is 5. The highest BCUT2D eigenvalue weighted by atomic mass is 16.6. The average Bonchev–Trinajstić information content (AvgIpc) is 2.52. The maximum atomic E-state index is 12.3. The molecule has 1 aromatic rings. The Kier molecular flexibility index (Phi) is 7.71. The minimum Gasteiger partial charge on any atom is -0.458 e. The fraction of sp³-hybridized carbons (Fsp3) is 0.556. The molecular formula is C18H28N2O4. The molecule has 0 saturated carbocycles. The topological polar surface area (TPSA) is 81.9 Å². The highest BCUT2D eigenvalue weighted by Gasteiger charge is 2.32. The Morgan fingerprint density at radius 2 is 1.83 bits per heavy atom. The van der Waals surface area contributed by atoms with Crippen LogP contribution < -0.4 is 5.84 Å². The highest BCUT2D eigenvalue weighted by Crippen LogP contribution is 2.15. The van der Waals surface area contributed by atoms with Crippen molar-refractivity contribution in [3.05, 3.63) is 35.9 Å². The summed E-state index contributed by atoms with van der Waals surface area (Å²) >= 11 is 0. The molecule has 0 aliphatic rings. The molecule has 6 nitrogen and oxygen atoms in total. The van der Waals surface area contributed by atoms with E-state index in [1.165, 1.54) is 0 Å². The Labute approximate surface area is 143 Å². The van der Waals surface area contributed by atoms with Crippen LogP contribution in [0.25, 0.3) is 0 Å². The zero-order chi connectivity index (χ0) is 18.2. The largest absolute Gasteiger partial charge is 0.458 e. The van der Waals surface area contributed by atoms with Crippen LogP contribution in [0.4, 0.5) is 4.79 Å². The number of benzene rings is 1. The quantitative estimate of drug-likeness (QED) is 0.357. The number of nitrogens with zero attached hydrogens (tertiary/aromatic N) is 1. The van der Waals surface area contributed by atoms with Gasteiger partial charge in [-0.3, -0.25) is 0 Å². The molecule has 0 spiro atoms. The number of hydrogen-bond donors (Lipinski definition) is 1. The molecular weight excluding hydrogens is 308 g/mol. The predicted molar refractivity (Wildman–Crippen MR) is 91.8 cm³/mol. The first-order valence-electron chi connectivity index (χ1n) is 8.22. The molecule has 0 aliphatic heterocycles. The van der Waals surface area contributed by atoms with Gasteiger partial charge >= 0.3 is 12.1 Å². The third kappa shape index (κ3) is 7.00. The van der Waals surface area contributed by atoms with Gasteiger partial charge in [0.25, 0.3) is 0 Å². The van der Waals surface area contributed by atoms with Gasteiger partial charge in [0.05, 0.1) is 0 Å². The lowest BCUT2D eigenvalue weighted by Crippen LogP contribution is -2.51. The van der Waals surface area contributed by atoms with E-state index < -0.39 is 23.7 Å². The van der Waals surface area contributed by atoms with E-state index in [0.717, 1.165) is 23.4 Å². The van der Waals surface area contributed by atoms with E-state index in [1.54, 1.807) is 20.8 Å². The summed E-state index contributed by atoms with van der Waals surface area (Å²) in [4.78, 5) is 24.5. The minimum absolute atomic E-state index is 0.0994. The molecule has 0 bridgehead atoms. The standard InChI is InChI=1S/C18H28N2O4/c1-5-6-12-15(16(21)24-18(2,3)4)20(19)17(22)23-13-14-10-8-7-9-11-14/h7-11,15H,5-6,12-13,19H2,1-4H3/t15-/m0/s1.